The molecule has 1 rings (SSSR count). The molecule has 0 aromatic carbocycles. The van der Waals surface area contributed by atoms with E-state index in [1.54, 1.807) is 0 Å². The van der Waals surface area contributed by atoms with Crippen molar-refractivity contribution in [3.63, 3.8) is 0 Å². The van der Waals surface area contributed by atoms with Crippen molar-refractivity contribution in [1.82, 2.24) is 10.2 Å². The maximum Gasteiger partial charge on any atom is 0.0108 e. The molecular weight excluding hydrogens is 224 g/mol. The summed E-state index contributed by atoms with van der Waals surface area (Å²) in [4.78, 5) is 2.34. The maximum atomic E-state index is 5.59. The van der Waals surface area contributed by atoms with Gasteiger partial charge in [-0.25, -0.2) is 0 Å². The second-order valence-electron chi connectivity index (χ2n) is 5.75. The standard InChI is InChI=1S/C14H32N4/c1-13-2-4-14(5-3-13)12-17-8-11-18(9-6-15)10-7-16/h13-14,17H,2-12,15-16H2,1H3. The van der Waals surface area contributed by atoms with Gasteiger partial charge in [0.05, 0.1) is 0 Å². The highest BCUT2D eigenvalue weighted by atomic mass is 15.1. The van der Waals surface area contributed by atoms with Gasteiger partial charge in [-0.15, -0.1) is 0 Å². The molecule has 1 aliphatic rings. The van der Waals surface area contributed by atoms with Crippen molar-refractivity contribution >= 4 is 0 Å². The molecule has 0 aromatic rings. The number of nitrogens with two attached hydrogens (primary N) is 2. The van der Waals surface area contributed by atoms with Gasteiger partial charge in [-0.3, -0.25) is 4.90 Å². The Morgan fingerprint density at radius 3 is 2.17 bits per heavy atom. The van der Waals surface area contributed by atoms with E-state index in [1.165, 1.54) is 32.2 Å². The highest BCUT2D eigenvalue weighted by Crippen LogP contribution is 2.27. The van der Waals surface area contributed by atoms with Gasteiger partial charge in [0.2, 0.25) is 0 Å². The monoisotopic (exact) mass is 256 g/mol. The first-order chi connectivity index (χ1) is 8.76. The van der Waals surface area contributed by atoms with E-state index in [2.05, 4.69) is 17.1 Å². The van der Waals surface area contributed by atoms with Crippen molar-refractivity contribution < 1.29 is 0 Å². The molecule has 0 radical (unpaired) electrons. The molecule has 0 heterocycles. The minimum Gasteiger partial charge on any atom is -0.329 e. The lowest BCUT2D eigenvalue weighted by Gasteiger charge is -2.27. The van der Waals surface area contributed by atoms with Gasteiger partial charge in [0.25, 0.3) is 0 Å². The third kappa shape index (κ3) is 6.69. The van der Waals surface area contributed by atoms with Gasteiger partial charge in [0, 0.05) is 39.3 Å². The van der Waals surface area contributed by atoms with Crippen molar-refractivity contribution in [2.45, 2.75) is 32.6 Å². The van der Waals surface area contributed by atoms with Crippen LogP contribution in [0.3, 0.4) is 0 Å². The largest absolute Gasteiger partial charge is 0.329 e. The van der Waals surface area contributed by atoms with Crippen LogP contribution in [0, 0.1) is 11.8 Å². The summed E-state index contributed by atoms with van der Waals surface area (Å²) in [6, 6.07) is 0. The minimum atomic E-state index is 0.723. The first-order valence-electron chi connectivity index (χ1n) is 7.59. The molecule has 1 fully saturated rings. The van der Waals surface area contributed by atoms with Crippen LogP contribution in [0.5, 0.6) is 0 Å². The van der Waals surface area contributed by atoms with Crippen molar-refractivity contribution in [2.24, 2.45) is 23.3 Å². The quantitative estimate of drug-likeness (QED) is 0.529. The van der Waals surface area contributed by atoms with Crippen LogP contribution in [0.1, 0.15) is 32.6 Å². The zero-order valence-corrected chi connectivity index (χ0v) is 12.0. The maximum absolute atomic E-state index is 5.59. The predicted octanol–water partition coefficient (Wildman–Crippen LogP) is 0.622. The smallest absolute Gasteiger partial charge is 0.0108 e. The molecule has 4 heteroatoms. The van der Waals surface area contributed by atoms with Crippen LogP contribution < -0.4 is 16.8 Å². The van der Waals surface area contributed by atoms with Gasteiger partial charge >= 0.3 is 0 Å². The zero-order chi connectivity index (χ0) is 13.2. The Labute approximate surface area is 112 Å². The Balaban J connectivity index is 2.02. The van der Waals surface area contributed by atoms with Gasteiger partial charge < -0.3 is 16.8 Å². The SMILES string of the molecule is CC1CCC(CNCCN(CCN)CCN)CC1. The zero-order valence-electron chi connectivity index (χ0n) is 12.0. The molecule has 0 amide bonds. The van der Waals surface area contributed by atoms with Crippen molar-refractivity contribution in [3.8, 4) is 0 Å². The number of rotatable bonds is 9. The van der Waals surface area contributed by atoms with Crippen molar-refractivity contribution in [1.29, 1.82) is 0 Å². The Kier molecular flexibility index (Phi) is 8.59. The molecule has 1 saturated carbocycles. The van der Waals surface area contributed by atoms with Crippen LogP contribution in [0.2, 0.25) is 0 Å². The molecule has 0 unspecified atom stereocenters. The molecule has 18 heavy (non-hydrogen) atoms. The lowest BCUT2D eigenvalue weighted by atomic mass is 9.83. The fraction of sp³-hybridized carbons (Fsp3) is 1.00. The molecule has 0 aliphatic heterocycles. The van der Waals surface area contributed by atoms with E-state index >= 15 is 0 Å². The molecular formula is C14H32N4. The predicted molar refractivity (Wildman–Crippen MR) is 78.5 cm³/mol. The second-order valence-corrected chi connectivity index (χ2v) is 5.75. The molecule has 0 atom stereocenters. The van der Waals surface area contributed by atoms with Gasteiger partial charge in [0.1, 0.15) is 0 Å². The first kappa shape index (κ1) is 15.9. The minimum absolute atomic E-state index is 0.723. The molecule has 108 valence electrons. The van der Waals surface area contributed by atoms with E-state index in [1.807, 2.05) is 0 Å². The molecule has 0 spiro atoms. The summed E-state index contributed by atoms with van der Waals surface area (Å²) in [5, 5.41) is 3.59. The summed E-state index contributed by atoms with van der Waals surface area (Å²) < 4.78 is 0. The van der Waals surface area contributed by atoms with Gasteiger partial charge in [0.15, 0.2) is 0 Å². The summed E-state index contributed by atoms with van der Waals surface area (Å²) in [6.45, 7) is 9.05. The van der Waals surface area contributed by atoms with E-state index in [-0.39, 0.29) is 0 Å². The van der Waals surface area contributed by atoms with Crippen LogP contribution in [0.25, 0.3) is 0 Å². The van der Waals surface area contributed by atoms with Crippen molar-refractivity contribution in [3.05, 3.63) is 0 Å². The molecule has 0 aromatic heterocycles. The van der Waals surface area contributed by atoms with Gasteiger partial charge in [-0.05, 0) is 31.2 Å². The highest BCUT2D eigenvalue weighted by Gasteiger charge is 2.17. The van der Waals surface area contributed by atoms with Gasteiger partial charge in [-0.1, -0.05) is 19.8 Å². The fourth-order valence-electron chi connectivity index (χ4n) is 2.78. The molecule has 4 nitrogen and oxygen atoms in total. The molecule has 0 bridgehead atoms. The summed E-state index contributed by atoms with van der Waals surface area (Å²) in [6.07, 6.45) is 5.64. The Bertz CT molecular complexity index is 184. The van der Waals surface area contributed by atoms with E-state index < -0.39 is 0 Å². The lowest BCUT2D eigenvalue weighted by molar-refractivity contribution is 0.263. The first-order valence-corrected chi connectivity index (χ1v) is 7.59. The number of hydrogen-bond acceptors (Lipinski definition) is 4. The van der Waals surface area contributed by atoms with Crippen LogP contribution in [0.15, 0.2) is 0 Å². The lowest BCUT2D eigenvalue weighted by Crippen LogP contribution is -2.39. The second kappa shape index (κ2) is 9.73. The van der Waals surface area contributed by atoms with Crippen molar-refractivity contribution in [2.75, 3.05) is 45.8 Å². The summed E-state index contributed by atoms with van der Waals surface area (Å²) >= 11 is 0. The molecule has 0 saturated heterocycles. The Morgan fingerprint density at radius 1 is 1.00 bits per heavy atom. The topological polar surface area (TPSA) is 67.3 Å². The highest BCUT2D eigenvalue weighted by molar-refractivity contribution is 4.72. The fourth-order valence-corrected chi connectivity index (χ4v) is 2.78. The summed E-state index contributed by atoms with van der Waals surface area (Å²) in [5.74, 6) is 1.85. The average molecular weight is 256 g/mol. The third-order valence-corrected chi connectivity index (χ3v) is 4.06. The van der Waals surface area contributed by atoms with Crippen LogP contribution >= 0.6 is 0 Å². The van der Waals surface area contributed by atoms with Crippen LogP contribution in [-0.2, 0) is 0 Å². The average Bonchev–Trinajstić information content (AvgIpc) is 2.37. The number of nitrogens with zero attached hydrogens (tertiary/aromatic N) is 1. The van der Waals surface area contributed by atoms with E-state index in [4.69, 9.17) is 11.5 Å². The van der Waals surface area contributed by atoms with E-state index in [0.29, 0.717) is 0 Å². The Morgan fingerprint density at radius 2 is 1.61 bits per heavy atom. The molecule has 5 N–H and O–H groups in total. The van der Waals surface area contributed by atoms with Crippen LogP contribution in [-0.4, -0.2) is 50.7 Å². The van der Waals surface area contributed by atoms with E-state index in [9.17, 15) is 0 Å². The number of hydrogen-bond donors (Lipinski definition) is 3. The Hall–Kier alpha value is -0.160. The summed E-state index contributed by atoms with van der Waals surface area (Å²) in [5.41, 5.74) is 11.2. The summed E-state index contributed by atoms with van der Waals surface area (Å²) in [7, 11) is 0. The third-order valence-electron chi connectivity index (χ3n) is 4.06. The van der Waals surface area contributed by atoms with Crippen LogP contribution in [0.4, 0.5) is 0 Å². The number of nitrogens with one attached hydrogen (secondary N) is 1. The normalized spacial score (nSPS) is 24.7. The van der Waals surface area contributed by atoms with Gasteiger partial charge in [-0.2, -0.15) is 0 Å². The molecule has 1 aliphatic carbocycles. The van der Waals surface area contributed by atoms with E-state index in [0.717, 1.165) is 51.1 Å².